The molecule has 1 aliphatic rings. The van der Waals surface area contributed by atoms with E-state index < -0.39 is 0 Å². The first-order valence-corrected chi connectivity index (χ1v) is 8.32. The van der Waals surface area contributed by atoms with Gasteiger partial charge in [0.05, 0.1) is 5.69 Å². The van der Waals surface area contributed by atoms with Gasteiger partial charge < -0.3 is 5.32 Å². The molecule has 2 aromatic rings. The Morgan fingerprint density at radius 2 is 2.14 bits per heavy atom. The third-order valence-electron chi connectivity index (χ3n) is 3.55. The van der Waals surface area contributed by atoms with Crippen molar-refractivity contribution in [2.24, 2.45) is 0 Å². The summed E-state index contributed by atoms with van der Waals surface area (Å²) in [7, 11) is 0. The first-order valence-electron chi connectivity index (χ1n) is 7.17. The lowest BCUT2D eigenvalue weighted by Gasteiger charge is -2.12. The third-order valence-corrected chi connectivity index (χ3v) is 4.52. The van der Waals surface area contributed by atoms with Crippen LogP contribution in [0.25, 0.3) is 11.4 Å². The minimum atomic E-state index is -0.225. The highest BCUT2D eigenvalue weighted by atomic mass is 32.2. The van der Waals surface area contributed by atoms with Gasteiger partial charge in [0.25, 0.3) is 0 Å². The van der Waals surface area contributed by atoms with Crippen molar-refractivity contribution in [1.82, 2.24) is 9.97 Å². The van der Waals surface area contributed by atoms with Gasteiger partial charge in [-0.05, 0) is 37.1 Å². The van der Waals surface area contributed by atoms with Crippen LogP contribution in [0.1, 0.15) is 30.2 Å². The van der Waals surface area contributed by atoms with E-state index in [0.29, 0.717) is 5.82 Å². The molecule has 0 aliphatic carbocycles. The Kier molecular flexibility index (Phi) is 4.10. The van der Waals surface area contributed by atoms with Gasteiger partial charge in [-0.2, -0.15) is 11.8 Å². The predicted octanol–water partition coefficient (Wildman–Crippen LogP) is 4.16. The molecule has 1 N–H and O–H groups in total. The molecule has 2 heterocycles. The molecule has 0 amide bonds. The zero-order valence-electron chi connectivity index (χ0n) is 12.2. The summed E-state index contributed by atoms with van der Waals surface area (Å²) < 4.78 is 13.3. The molecule has 0 saturated carbocycles. The molecule has 0 atom stereocenters. The van der Waals surface area contributed by atoms with Crippen molar-refractivity contribution in [3.05, 3.63) is 40.8 Å². The molecule has 1 aromatic heterocycles. The quantitative estimate of drug-likeness (QED) is 0.920. The van der Waals surface area contributed by atoms with Crippen molar-refractivity contribution in [1.29, 1.82) is 0 Å². The Bertz CT molecular complexity index is 673. The zero-order valence-corrected chi connectivity index (χ0v) is 13.1. The molecule has 1 aromatic carbocycles. The molecule has 0 bridgehead atoms. The number of benzene rings is 1. The molecule has 3 nitrogen and oxygen atoms in total. The minimum absolute atomic E-state index is 0.225. The number of aryl methyl sites for hydroxylation is 1. The Balaban J connectivity index is 2.06. The SMILES string of the molecule is CCCNc1nc(-c2ccc(F)cc2C)nc2c1CSC2. The van der Waals surface area contributed by atoms with E-state index in [1.54, 1.807) is 6.07 Å². The Morgan fingerprint density at radius 1 is 1.29 bits per heavy atom. The number of halogens is 1. The van der Waals surface area contributed by atoms with Crippen LogP contribution >= 0.6 is 11.8 Å². The van der Waals surface area contributed by atoms with E-state index in [1.807, 2.05) is 18.7 Å². The van der Waals surface area contributed by atoms with Crippen LogP contribution in [0.4, 0.5) is 10.2 Å². The average molecular weight is 303 g/mol. The minimum Gasteiger partial charge on any atom is -0.370 e. The average Bonchev–Trinajstić information content (AvgIpc) is 2.93. The van der Waals surface area contributed by atoms with Gasteiger partial charge in [0.15, 0.2) is 5.82 Å². The largest absolute Gasteiger partial charge is 0.370 e. The number of nitrogens with zero attached hydrogens (tertiary/aromatic N) is 2. The standard InChI is InChI=1S/C16H18FN3S/c1-3-6-18-15-13-8-21-9-14(13)19-16(20-15)12-5-4-11(17)7-10(12)2/h4-5,7H,3,6,8-9H2,1-2H3,(H,18,19,20). The van der Waals surface area contributed by atoms with Crippen molar-refractivity contribution < 1.29 is 4.39 Å². The number of fused-ring (bicyclic) bond motifs is 1. The summed E-state index contributed by atoms with van der Waals surface area (Å²) in [6.45, 7) is 4.92. The summed E-state index contributed by atoms with van der Waals surface area (Å²) in [5, 5.41) is 3.40. The smallest absolute Gasteiger partial charge is 0.162 e. The number of aromatic nitrogens is 2. The second-order valence-electron chi connectivity index (χ2n) is 5.20. The Labute approximate surface area is 128 Å². The van der Waals surface area contributed by atoms with Crippen LogP contribution in [-0.2, 0) is 11.5 Å². The summed E-state index contributed by atoms with van der Waals surface area (Å²) in [4.78, 5) is 9.37. The van der Waals surface area contributed by atoms with E-state index in [9.17, 15) is 4.39 Å². The van der Waals surface area contributed by atoms with Crippen molar-refractivity contribution in [3.8, 4) is 11.4 Å². The van der Waals surface area contributed by atoms with E-state index >= 15 is 0 Å². The lowest BCUT2D eigenvalue weighted by atomic mass is 10.1. The maximum Gasteiger partial charge on any atom is 0.162 e. The first kappa shape index (κ1) is 14.3. The molecule has 110 valence electrons. The summed E-state index contributed by atoms with van der Waals surface area (Å²) in [6, 6.07) is 4.75. The van der Waals surface area contributed by atoms with Gasteiger partial charge in [-0.3, -0.25) is 0 Å². The Hall–Kier alpha value is -1.62. The van der Waals surface area contributed by atoms with Crippen LogP contribution in [0.5, 0.6) is 0 Å². The molecular formula is C16H18FN3S. The second-order valence-corrected chi connectivity index (χ2v) is 6.19. The number of rotatable bonds is 4. The van der Waals surface area contributed by atoms with Crippen LogP contribution < -0.4 is 5.32 Å². The third kappa shape index (κ3) is 2.88. The number of hydrogen-bond acceptors (Lipinski definition) is 4. The molecule has 0 unspecified atom stereocenters. The van der Waals surface area contributed by atoms with Crippen molar-refractivity contribution in [2.45, 2.75) is 31.8 Å². The molecule has 0 saturated heterocycles. The monoisotopic (exact) mass is 303 g/mol. The van der Waals surface area contributed by atoms with Gasteiger partial charge in [-0.1, -0.05) is 6.92 Å². The van der Waals surface area contributed by atoms with Crippen LogP contribution in [0.3, 0.4) is 0 Å². The van der Waals surface area contributed by atoms with Crippen molar-refractivity contribution >= 4 is 17.6 Å². The fourth-order valence-electron chi connectivity index (χ4n) is 2.44. The molecule has 0 fully saturated rings. The van der Waals surface area contributed by atoms with E-state index in [2.05, 4.69) is 22.2 Å². The van der Waals surface area contributed by atoms with E-state index in [4.69, 9.17) is 0 Å². The fraction of sp³-hybridized carbons (Fsp3) is 0.375. The molecule has 5 heteroatoms. The lowest BCUT2D eigenvalue weighted by molar-refractivity contribution is 0.627. The molecule has 3 rings (SSSR count). The number of nitrogens with one attached hydrogen (secondary N) is 1. The highest BCUT2D eigenvalue weighted by molar-refractivity contribution is 7.98. The normalized spacial score (nSPS) is 13.3. The van der Waals surface area contributed by atoms with Crippen LogP contribution in [-0.4, -0.2) is 16.5 Å². The van der Waals surface area contributed by atoms with Gasteiger partial charge in [-0.25, -0.2) is 14.4 Å². The maximum atomic E-state index is 13.3. The van der Waals surface area contributed by atoms with E-state index in [1.165, 1.54) is 17.7 Å². The molecule has 0 radical (unpaired) electrons. The summed E-state index contributed by atoms with van der Waals surface area (Å²) >= 11 is 1.86. The highest BCUT2D eigenvalue weighted by Crippen LogP contribution is 2.35. The fourth-order valence-corrected chi connectivity index (χ4v) is 3.48. The van der Waals surface area contributed by atoms with Crippen LogP contribution in [0.15, 0.2) is 18.2 Å². The summed E-state index contributed by atoms with van der Waals surface area (Å²) in [5.41, 5.74) is 4.09. The number of hydrogen-bond donors (Lipinski definition) is 1. The van der Waals surface area contributed by atoms with Crippen molar-refractivity contribution in [3.63, 3.8) is 0 Å². The van der Waals surface area contributed by atoms with E-state index in [0.717, 1.165) is 47.1 Å². The number of thioether (sulfide) groups is 1. The van der Waals surface area contributed by atoms with Gasteiger partial charge in [0.1, 0.15) is 11.6 Å². The van der Waals surface area contributed by atoms with Crippen LogP contribution in [0.2, 0.25) is 0 Å². The van der Waals surface area contributed by atoms with Gasteiger partial charge >= 0.3 is 0 Å². The lowest BCUT2D eigenvalue weighted by Crippen LogP contribution is -2.08. The van der Waals surface area contributed by atoms with Crippen LogP contribution in [0, 0.1) is 12.7 Å². The molecule has 21 heavy (non-hydrogen) atoms. The predicted molar refractivity (Wildman–Crippen MR) is 85.9 cm³/mol. The van der Waals surface area contributed by atoms with Gasteiger partial charge in [-0.15, -0.1) is 0 Å². The van der Waals surface area contributed by atoms with Gasteiger partial charge in [0, 0.05) is 29.2 Å². The summed E-state index contributed by atoms with van der Waals surface area (Å²) in [5.74, 6) is 3.28. The molecular weight excluding hydrogens is 285 g/mol. The maximum absolute atomic E-state index is 13.3. The molecule has 1 aliphatic heterocycles. The topological polar surface area (TPSA) is 37.8 Å². The van der Waals surface area contributed by atoms with Crippen molar-refractivity contribution in [2.75, 3.05) is 11.9 Å². The second kappa shape index (κ2) is 6.02. The first-order chi connectivity index (χ1) is 10.2. The van der Waals surface area contributed by atoms with E-state index in [-0.39, 0.29) is 5.82 Å². The molecule has 0 spiro atoms. The number of anilines is 1. The summed E-state index contributed by atoms with van der Waals surface area (Å²) in [6.07, 6.45) is 1.05. The Morgan fingerprint density at radius 3 is 2.90 bits per heavy atom. The van der Waals surface area contributed by atoms with Gasteiger partial charge in [0.2, 0.25) is 0 Å². The zero-order chi connectivity index (χ0) is 14.8. The highest BCUT2D eigenvalue weighted by Gasteiger charge is 2.20.